The van der Waals surface area contributed by atoms with Crippen LogP contribution in [0.15, 0.2) is 12.4 Å². The first-order chi connectivity index (χ1) is 5.61. The van der Waals surface area contributed by atoms with Gasteiger partial charge in [-0.25, -0.2) is 4.98 Å². The molecule has 1 aromatic heterocycles. The molecule has 1 N–H and O–H groups in total. The maximum Gasteiger partial charge on any atom is 0.311 e. The molecule has 12 heavy (non-hydrogen) atoms. The molecule has 4 nitrogen and oxygen atoms in total. The zero-order chi connectivity index (χ0) is 9.14. The zero-order valence-electron chi connectivity index (χ0n) is 7.19. The number of carboxylic acid groups (broad SMARTS) is 1. The summed E-state index contributed by atoms with van der Waals surface area (Å²) in [4.78, 5) is 14.3. The van der Waals surface area contributed by atoms with E-state index in [1.165, 1.54) is 0 Å². The zero-order valence-corrected chi connectivity index (χ0v) is 7.19. The van der Waals surface area contributed by atoms with Gasteiger partial charge in [-0.3, -0.25) is 4.79 Å². The van der Waals surface area contributed by atoms with Crippen molar-refractivity contribution in [2.24, 2.45) is 0 Å². The number of imidazole rings is 1. The van der Waals surface area contributed by atoms with Gasteiger partial charge in [0.15, 0.2) is 0 Å². The van der Waals surface area contributed by atoms with Crippen LogP contribution in [0, 0.1) is 0 Å². The molecule has 66 valence electrons. The predicted octanol–water partition coefficient (Wildman–Crippen LogP) is 1.09. The Labute approximate surface area is 70.9 Å². The number of hydrogen-bond donors (Lipinski definition) is 1. The van der Waals surface area contributed by atoms with Crippen molar-refractivity contribution in [3.8, 4) is 0 Å². The van der Waals surface area contributed by atoms with Crippen LogP contribution in [0.2, 0.25) is 0 Å². The van der Waals surface area contributed by atoms with E-state index in [1.54, 1.807) is 12.4 Å². The molecule has 0 aliphatic heterocycles. The minimum atomic E-state index is -0.844. The number of hydrogen-bond acceptors (Lipinski definition) is 2. The molecule has 0 saturated carbocycles. The molecule has 4 heteroatoms. The van der Waals surface area contributed by atoms with Gasteiger partial charge in [-0.15, -0.1) is 0 Å². The summed E-state index contributed by atoms with van der Waals surface area (Å²) in [6.45, 7) is 3.99. The van der Waals surface area contributed by atoms with Crippen LogP contribution in [0.4, 0.5) is 0 Å². The minimum absolute atomic E-state index is 0.00875. The van der Waals surface area contributed by atoms with Crippen LogP contribution in [-0.2, 0) is 11.2 Å². The van der Waals surface area contributed by atoms with Crippen molar-refractivity contribution in [2.45, 2.75) is 26.3 Å². The summed E-state index contributed by atoms with van der Waals surface area (Å²) in [7, 11) is 0. The number of aromatic nitrogens is 2. The molecular formula is C8H12N2O2. The van der Waals surface area contributed by atoms with Gasteiger partial charge in [0.1, 0.15) is 12.2 Å². The number of rotatable bonds is 3. The highest BCUT2D eigenvalue weighted by molar-refractivity contribution is 5.69. The van der Waals surface area contributed by atoms with Crippen molar-refractivity contribution in [3.63, 3.8) is 0 Å². The lowest BCUT2D eigenvalue weighted by molar-refractivity contribution is -0.136. The molecule has 1 aromatic rings. The van der Waals surface area contributed by atoms with E-state index in [0.29, 0.717) is 5.82 Å². The van der Waals surface area contributed by atoms with E-state index in [9.17, 15) is 4.79 Å². The van der Waals surface area contributed by atoms with Crippen molar-refractivity contribution in [2.75, 3.05) is 0 Å². The summed E-state index contributed by atoms with van der Waals surface area (Å²) in [6, 6.07) is 0.266. The quantitative estimate of drug-likeness (QED) is 0.735. The highest BCUT2D eigenvalue weighted by atomic mass is 16.4. The van der Waals surface area contributed by atoms with Gasteiger partial charge in [0, 0.05) is 18.4 Å². The van der Waals surface area contributed by atoms with E-state index in [2.05, 4.69) is 4.98 Å². The smallest absolute Gasteiger partial charge is 0.311 e. The largest absolute Gasteiger partial charge is 0.481 e. The molecule has 0 aliphatic carbocycles. The number of aliphatic carboxylic acids is 1. The fourth-order valence-electron chi connectivity index (χ4n) is 1.09. The van der Waals surface area contributed by atoms with Crippen LogP contribution in [0.5, 0.6) is 0 Å². The standard InChI is InChI=1S/C8H12N2O2/c1-6(2)10-4-3-9-7(10)5-8(11)12/h3-4,6H,5H2,1-2H3,(H,11,12). The van der Waals surface area contributed by atoms with Crippen LogP contribution < -0.4 is 0 Å². The third kappa shape index (κ3) is 1.84. The first kappa shape index (κ1) is 8.77. The SMILES string of the molecule is CC(C)n1ccnc1CC(=O)O. The van der Waals surface area contributed by atoms with Crippen LogP contribution in [0.3, 0.4) is 0 Å². The molecule has 0 bridgehead atoms. The van der Waals surface area contributed by atoms with E-state index < -0.39 is 5.97 Å². The molecular weight excluding hydrogens is 156 g/mol. The van der Waals surface area contributed by atoms with Crippen LogP contribution >= 0.6 is 0 Å². The Kier molecular flexibility index (Phi) is 2.47. The average molecular weight is 168 g/mol. The molecule has 1 rings (SSSR count). The maximum absolute atomic E-state index is 10.4. The summed E-state index contributed by atoms with van der Waals surface area (Å²) < 4.78 is 1.86. The van der Waals surface area contributed by atoms with Gasteiger partial charge in [-0.2, -0.15) is 0 Å². The van der Waals surface area contributed by atoms with E-state index in [-0.39, 0.29) is 12.5 Å². The monoisotopic (exact) mass is 168 g/mol. The second-order valence-electron chi connectivity index (χ2n) is 2.92. The second kappa shape index (κ2) is 3.38. The van der Waals surface area contributed by atoms with Gasteiger partial charge in [0.2, 0.25) is 0 Å². The van der Waals surface area contributed by atoms with E-state index in [0.717, 1.165) is 0 Å². The van der Waals surface area contributed by atoms with Gasteiger partial charge in [0.05, 0.1) is 0 Å². The maximum atomic E-state index is 10.4. The summed E-state index contributed by atoms with van der Waals surface area (Å²) in [5.74, 6) is -0.236. The van der Waals surface area contributed by atoms with Crippen LogP contribution in [0.25, 0.3) is 0 Å². The molecule has 0 amide bonds. The lowest BCUT2D eigenvalue weighted by Crippen LogP contribution is -2.10. The first-order valence-corrected chi connectivity index (χ1v) is 3.84. The Bertz CT molecular complexity index is 278. The fraction of sp³-hybridized carbons (Fsp3) is 0.500. The van der Waals surface area contributed by atoms with E-state index >= 15 is 0 Å². The first-order valence-electron chi connectivity index (χ1n) is 3.84. The van der Waals surface area contributed by atoms with Crippen molar-refractivity contribution in [1.82, 2.24) is 9.55 Å². The lowest BCUT2D eigenvalue weighted by atomic mass is 10.3. The molecule has 0 fully saturated rings. The summed E-state index contributed by atoms with van der Waals surface area (Å²) in [6.07, 6.45) is 3.41. The molecule has 0 aliphatic rings. The van der Waals surface area contributed by atoms with Gasteiger partial charge in [-0.05, 0) is 13.8 Å². The van der Waals surface area contributed by atoms with E-state index in [4.69, 9.17) is 5.11 Å². The summed E-state index contributed by atoms with van der Waals surface area (Å²) in [5, 5.41) is 8.54. The molecule has 0 atom stereocenters. The van der Waals surface area contributed by atoms with Crippen molar-refractivity contribution in [1.29, 1.82) is 0 Å². The van der Waals surface area contributed by atoms with Gasteiger partial charge in [0.25, 0.3) is 0 Å². The summed E-state index contributed by atoms with van der Waals surface area (Å²) >= 11 is 0. The van der Waals surface area contributed by atoms with Crippen molar-refractivity contribution < 1.29 is 9.90 Å². The molecule has 1 heterocycles. The Morgan fingerprint density at radius 1 is 1.75 bits per heavy atom. The molecule has 0 saturated heterocycles. The van der Waals surface area contributed by atoms with Crippen LogP contribution in [0.1, 0.15) is 25.7 Å². The molecule has 0 aromatic carbocycles. The third-order valence-electron chi connectivity index (χ3n) is 1.61. The molecule has 0 radical (unpaired) electrons. The molecule has 0 unspecified atom stereocenters. The minimum Gasteiger partial charge on any atom is -0.481 e. The van der Waals surface area contributed by atoms with E-state index in [1.807, 2.05) is 18.4 Å². The fourth-order valence-corrected chi connectivity index (χ4v) is 1.09. The topological polar surface area (TPSA) is 55.1 Å². The van der Waals surface area contributed by atoms with Crippen LogP contribution in [-0.4, -0.2) is 20.6 Å². The van der Waals surface area contributed by atoms with Crippen molar-refractivity contribution in [3.05, 3.63) is 18.2 Å². The normalized spacial score (nSPS) is 10.6. The average Bonchev–Trinajstić information content (AvgIpc) is 2.33. The molecule has 0 spiro atoms. The predicted molar refractivity (Wildman–Crippen MR) is 44.0 cm³/mol. The summed E-state index contributed by atoms with van der Waals surface area (Å²) in [5.41, 5.74) is 0. The highest BCUT2D eigenvalue weighted by Crippen LogP contribution is 2.07. The number of nitrogens with zero attached hydrogens (tertiary/aromatic N) is 2. The second-order valence-corrected chi connectivity index (χ2v) is 2.92. The van der Waals surface area contributed by atoms with Crippen molar-refractivity contribution >= 4 is 5.97 Å². The highest BCUT2D eigenvalue weighted by Gasteiger charge is 2.08. The Balaban J connectivity index is 2.84. The Morgan fingerprint density at radius 3 is 2.92 bits per heavy atom. The van der Waals surface area contributed by atoms with Gasteiger partial charge >= 0.3 is 5.97 Å². The number of carboxylic acids is 1. The Hall–Kier alpha value is -1.32. The van der Waals surface area contributed by atoms with Gasteiger partial charge < -0.3 is 9.67 Å². The number of carbonyl (C=O) groups is 1. The lowest BCUT2D eigenvalue weighted by Gasteiger charge is -2.09. The third-order valence-corrected chi connectivity index (χ3v) is 1.61. The Morgan fingerprint density at radius 2 is 2.42 bits per heavy atom. The van der Waals surface area contributed by atoms with Gasteiger partial charge in [-0.1, -0.05) is 0 Å².